The summed E-state index contributed by atoms with van der Waals surface area (Å²) in [6, 6.07) is 8.35. The molecule has 2 aromatic rings. The maximum atomic E-state index is 12.9. The van der Waals surface area contributed by atoms with Crippen LogP contribution in [0.4, 0.5) is 5.69 Å². The van der Waals surface area contributed by atoms with E-state index in [1.165, 1.54) is 8.99 Å². The number of anilines is 1. The standard InChI is InChI=1S/C23H28ClN5O4S/c24-22-21(26-13-19-2-1-11-33-15-19)14-27-29(23(22)30)20-7-9-28(10-8-20)34(31,32)16-18-5-3-17(12-25)4-6-18/h3-6,14,19-20,26H,1-2,7-11,13,15-16H2/t19-/m1/s1. The molecule has 1 N–H and O–H groups in total. The zero-order chi connectivity index (χ0) is 24.1. The van der Waals surface area contributed by atoms with Gasteiger partial charge < -0.3 is 10.1 Å². The molecule has 11 heteroatoms. The number of hydrogen-bond acceptors (Lipinski definition) is 7. The van der Waals surface area contributed by atoms with Crippen molar-refractivity contribution in [2.75, 3.05) is 38.2 Å². The summed E-state index contributed by atoms with van der Waals surface area (Å²) in [6.07, 6.45) is 4.62. The summed E-state index contributed by atoms with van der Waals surface area (Å²) in [7, 11) is -3.51. The lowest BCUT2D eigenvalue weighted by Gasteiger charge is -2.31. The Morgan fingerprint density at radius 2 is 1.94 bits per heavy atom. The monoisotopic (exact) mass is 505 g/mol. The van der Waals surface area contributed by atoms with Crippen LogP contribution in [0.25, 0.3) is 0 Å². The second-order valence-electron chi connectivity index (χ2n) is 8.78. The van der Waals surface area contributed by atoms with Gasteiger partial charge in [0.1, 0.15) is 5.02 Å². The number of rotatable bonds is 7. The second-order valence-corrected chi connectivity index (χ2v) is 11.1. The largest absolute Gasteiger partial charge is 0.382 e. The number of piperidine rings is 1. The first kappa shape index (κ1) is 24.7. The highest BCUT2D eigenvalue weighted by Crippen LogP contribution is 2.26. The lowest BCUT2D eigenvalue weighted by atomic mass is 10.0. The van der Waals surface area contributed by atoms with Gasteiger partial charge in [0.2, 0.25) is 10.0 Å². The summed E-state index contributed by atoms with van der Waals surface area (Å²) < 4.78 is 34.0. The fourth-order valence-corrected chi connectivity index (χ4v) is 6.16. The van der Waals surface area contributed by atoms with Gasteiger partial charge in [0.25, 0.3) is 5.56 Å². The molecule has 0 spiro atoms. The van der Waals surface area contributed by atoms with Crippen LogP contribution in [0.2, 0.25) is 5.02 Å². The van der Waals surface area contributed by atoms with Crippen molar-refractivity contribution in [2.24, 2.45) is 5.92 Å². The third-order valence-corrected chi connectivity index (χ3v) is 8.59. The van der Waals surface area contributed by atoms with Crippen molar-refractivity contribution in [1.29, 1.82) is 5.26 Å². The van der Waals surface area contributed by atoms with Crippen LogP contribution in [0.5, 0.6) is 0 Å². The molecule has 9 nitrogen and oxygen atoms in total. The van der Waals surface area contributed by atoms with E-state index in [4.69, 9.17) is 21.6 Å². The maximum Gasteiger partial charge on any atom is 0.287 e. The Bertz CT molecular complexity index is 1200. The predicted octanol–water partition coefficient (Wildman–Crippen LogP) is 2.77. The lowest BCUT2D eigenvalue weighted by molar-refractivity contribution is 0.0595. The molecule has 0 amide bonds. The lowest BCUT2D eigenvalue weighted by Crippen LogP contribution is -2.42. The molecule has 2 saturated heterocycles. The molecule has 2 aliphatic heterocycles. The molecule has 182 valence electrons. The topological polar surface area (TPSA) is 117 Å². The van der Waals surface area contributed by atoms with Gasteiger partial charge in [-0.3, -0.25) is 4.79 Å². The molecule has 1 aromatic heterocycles. The minimum atomic E-state index is -3.51. The average Bonchev–Trinajstić information content (AvgIpc) is 2.86. The van der Waals surface area contributed by atoms with Crippen molar-refractivity contribution < 1.29 is 13.2 Å². The second kappa shape index (κ2) is 10.9. The van der Waals surface area contributed by atoms with Gasteiger partial charge in [0.05, 0.1) is 41.9 Å². The minimum absolute atomic E-state index is 0.0996. The van der Waals surface area contributed by atoms with Crippen molar-refractivity contribution >= 4 is 27.3 Å². The Hall–Kier alpha value is -2.45. The van der Waals surface area contributed by atoms with E-state index in [2.05, 4.69) is 10.4 Å². The van der Waals surface area contributed by atoms with E-state index in [1.807, 2.05) is 6.07 Å². The van der Waals surface area contributed by atoms with Crippen molar-refractivity contribution in [2.45, 2.75) is 37.5 Å². The average molecular weight is 506 g/mol. The molecule has 1 aromatic carbocycles. The molecule has 2 aliphatic rings. The molecule has 34 heavy (non-hydrogen) atoms. The molecule has 0 radical (unpaired) electrons. The van der Waals surface area contributed by atoms with Crippen LogP contribution in [0, 0.1) is 17.2 Å². The third-order valence-electron chi connectivity index (χ3n) is 6.37. The minimum Gasteiger partial charge on any atom is -0.382 e. The third kappa shape index (κ3) is 5.78. The van der Waals surface area contributed by atoms with Crippen LogP contribution in [0.15, 0.2) is 35.3 Å². The summed E-state index contributed by atoms with van der Waals surface area (Å²) in [4.78, 5) is 12.9. The molecule has 0 aliphatic carbocycles. The van der Waals surface area contributed by atoms with E-state index in [1.54, 1.807) is 30.5 Å². The number of hydrogen-bond donors (Lipinski definition) is 1. The van der Waals surface area contributed by atoms with E-state index < -0.39 is 10.0 Å². The van der Waals surface area contributed by atoms with Crippen molar-refractivity contribution in [3.63, 3.8) is 0 Å². The quantitative estimate of drug-likeness (QED) is 0.614. The normalized spacial score (nSPS) is 20.1. The van der Waals surface area contributed by atoms with Gasteiger partial charge in [-0.15, -0.1) is 0 Å². The van der Waals surface area contributed by atoms with Crippen molar-refractivity contribution in [3.8, 4) is 6.07 Å². The van der Waals surface area contributed by atoms with Gasteiger partial charge in [0, 0.05) is 26.2 Å². The molecule has 2 fully saturated rings. The van der Waals surface area contributed by atoms with E-state index in [9.17, 15) is 13.2 Å². The van der Waals surface area contributed by atoms with E-state index in [-0.39, 0.29) is 22.4 Å². The number of halogens is 1. The van der Waals surface area contributed by atoms with Gasteiger partial charge in [0.15, 0.2) is 0 Å². The molecule has 4 rings (SSSR count). The van der Waals surface area contributed by atoms with Gasteiger partial charge in [-0.1, -0.05) is 23.7 Å². The first-order valence-corrected chi connectivity index (χ1v) is 13.4. The van der Waals surface area contributed by atoms with Crippen LogP contribution in [-0.2, 0) is 20.5 Å². The van der Waals surface area contributed by atoms with Gasteiger partial charge in [-0.25, -0.2) is 17.4 Å². The zero-order valence-electron chi connectivity index (χ0n) is 18.8. The van der Waals surface area contributed by atoms with Crippen molar-refractivity contribution in [1.82, 2.24) is 14.1 Å². The van der Waals surface area contributed by atoms with E-state index in [0.29, 0.717) is 61.8 Å². The fourth-order valence-electron chi connectivity index (χ4n) is 4.39. The van der Waals surface area contributed by atoms with Crippen LogP contribution >= 0.6 is 11.6 Å². The predicted molar refractivity (Wildman–Crippen MR) is 129 cm³/mol. The Labute approximate surface area is 204 Å². The van der Waals surface area contributed by atoms with Crippen molar-refractivity contribution in [3.05, 3.63) is 57.0 Å². The molecular formula is C23H28ClN5O4S. The summed E-state index contributed by atoms with van der Waals surface area (Å²) >= 11 is 6.35. The number of aromatic nitrogens is 2. The zero-order valence-corrected chi connectivity index (χ0v) is 20.4. The highest BCUT2D eigenvalue weighted by Gasteiger charge is 2.30. The first-order chi connectivity index (χ1) is 16.4. The molecule has 0 saturated carbocycles. The number of benzene rings is 1. The summed E-state index contributed by atoms with van der Waals surface area (Å²) in [5.41, 5.74) is 1.26. The van der Waals surface area contributed by atoms with Crippen LogP contribution in [-0.4, -0.2) is 55.4 Å². The summed E-state index contributed by atoms with van der Waals surface area (Å²) in [6.45, 7) is 2.76. The van der Waals surface area contributed by atoms with Gasteiger partial charge >= 0.3 is 0 Å². The smallest absolute Gasteiger partial charge is 0.287 e. The fraction of sp³-hybridized carbons (Fsp3) is 0.522. The highest BCUT2D eigenvalue weighted by molar-refractivity contribution is 7.88. The highest BCUT2D eigenvalue weighted by atomic mass is 35.5. The Balaban J connectivity index is 1.36. The molecule has 0 unspecified atom stereocenters. The Morgan fingerprint density at radius 1 is 1.21 bits per heavy atom. The molecular weight excluding hydrogens is 478 g/mol. The summed E-state index contributed by atoms with van der Waals surface area (Å²) in [5, 5.41) is 16.5. The number of sulfonamides is 1. The number of nitriles is 1. The van der Waals surface area contributed by atoms with E-state index >= 15 is 0 Å². The first-order valence-electron chi connectivity index (χ1n) is 11.4. The van der Waals surface area contributed by atoms with E-state index in [0.717, 1.165) is 19.4 Å². The van der Waals surface area contributed by atoms with Gasteiger partial charge in [-0.2, -0.15) is 10.4 Å². The SMILES string of the molecule is N#Cc1ccc(CS(=O)(=O)N2CCC(n3ncc(NC[C@H]4CCCOC4)c(Cl)c3=O)CC2)cc1. The molecule has 1 atom stereocenters. The van der Waals surface area contributed by atoms with Crippen LogP contribution in [0.3, 0.4) is 0 Å². The van der Waals surface area contributed by atoms with Gasteiger partial charge in [-0.05, 0) is 49.3 Å². The Morgan fingerprint density at radius 3 is 2.59 bits per heavy atom. The van der Waals surface area contributed by atoms with Crippen LogP contribution in [0.1, 0.15) is 42.9 Å². The number of ether oxygens (including phenoxy) is 1. The summed E-state index contributed by atoms with van der Waals surface area (Å²) in [5.74, 6) is 0.252. The molecule has 0 bridgehead atoms. The number of nitrogens with one attached hydrogen (secondary N) is 1. The number of nitrogens with zero attached hydrogens (tertiary/aromatic N) is 4. The van der Waals surface area contributed by atoms with Crippen LogP contribution < -0.4 is 10.9 Å². The molecule has 3 heterocycles. The Kier molecular flexibility index (Phi) is 7.88. The maximum absolute atomic E-state index is 12.9.